The molecular weight excluding hydrogens is 543 g/mol. The third kappa shape index (κ3) is 7.63. The maximum Gasteiger partial charge on any atom is 0.417 e. The second kappa shape index (κ2) is 11.9. The van der Waals surface area contributed by atoms with E-state index in [1.165, 1.54) is 4.90 Å². The van der Waals surface area contributed by atoms with E-state index in [-0.39, 0.29) is 24.2 Å². The van der Waals surface area contributed by atoms with Crippen molar-refractivity contribution in [1.82, 2.24) is 10.2 Å². The first-order valence-corrected chi connectivity index (χ1v) is 14.4. The molecule has 0 saturated heterocycles. The summed E-state index contributed by atoms with van der Waals surface area (Å²) in [5.41, 5.74) is 0.0574. The number of nitrogens with one attached hydrogen (secondary N) is 1. The quantitative estimate of drug-likeness (QED) is 0.462. The summed E-state index contributed by atoms with van der Waals surface area (Å²) in [6.45, 7) is 2.62. The average Bonchev–Trinajstić information content (AvgIpc) is 3.32. The number of halogens is 4. The molecule has 3 rings (SSSR count). The Labute approximate surface area is 226 Å². The van der Waals surface area contributed by atoms with E-state index >= 15 is 0 Å². The minimum absolute atomic E-state index is 0.00301. The van der Waals surface area contributed by atoms with Crippen molar-refractivity contribution in [2.24, 2.45) is 0 Å². The van der Waals surface area contributed by atoms with Crippen molar-refractivity contribution in [3.63, 3.8) is 0 Å². The normalized spacial score (nSPS) is 15.2. The zero-order chi connectivity index (χ0) is 28.3. The van der Waals surface area contributed by atoms with Crippen molar-refractivity contribution in [1.29, 1.82) is 0 Å². The van der Waals surface area contributed by atoms with E-state index in [0.717, 1.165) is 55.2 Å². The zero-order valence-electron chi connectivity index (χ0n) is 21.4. The smallest absolute Gasteiger partial charge is 0.352 e. The van der Waals surface area contributed by atoms with E-state index in [0.29, 0.717) is 10.4 Å². The summed E-state index contributed by atoms with van der Waals surface area (Å²) < 4.78 is 66.2. The molecule has 38 heavy (non-hydrogen) atoms. The van der Waals surface area contributed by atoms with Gasteiger partial charge in [0.05, 0.1) is 22.5 Å². The van der Waals surface area contributed by atoms with Gasteiger partial charge in [0, 0.05) is 12.6 Å². The molecule has 2 aromatic rings. The van der Waals surface area contributed by atoms with E-state index in [4.69, 9.17) is 11.6 Å². The van der Waals surface area contributed by atoms with Crippen LogP contribution in [0, 0.1) is 6.92 Å². The number of carbonyl (C=O) groups excluding carboxylic acids is 2. The summed E-state index contributed by atoms with van der Waals surface area (Å²) in [7, 11) is -4.19. The summed E-state index contributed by atoms with van der Waals surface area (Å²) in [5, 5.41) is 2.35. The molecule has 1 fully saturated rings. The predicted octanol–water partition coefficient (Wildman–Crippen LogP) is 4.91. The number of benzene rings is 2. The largest absolute Gasteiger partial charge is 0.417 e. The highest BCUT2D eigenvalue weighted by atomic mass is 35.5. The van der Waals surface area contributed by atoms with Crippen LogP contribution < -0.4 is 9.62 Å². The summed E-state index contributed by atoms with van der Waals surface area (Å²) in [6, 6.07) is 8.96. The SMILES string of the molecule is Cc1cccc(CN(C(=O)CN(c2ccc(Cl)c(C(F)(F)F)c2)S(C)(=O)=O)[C@@H](C)C(=O)NC2CCCC2)c1. The van der Waals surface area contributed by atoms with E-state index in [1.54, 1.807) is 19.1 Å². The van der Waals surface area contributed by atoms with Crippen LogP contribution in [0.15, 0.2) is 42.5 Å². The fraction of sp³-hybridized carbons (Fsp3) is 0.462. The zero-order valence-corrected chi connectivity index (χ0v) is 23.0. The maximum absolute atomic E-state index is 13.6. The van der Waals surface area contributed by atoms with Gasteiger partial charge in [0.15, 0.2) is 0 Å². The predicted molar refractivity (Wildman–Crippen MR) is 140 cm³/mol. The molecule has 2 amide bonds. The Morgan fingerprint density at radius 1 is 1.13 bits per heavy atom. The molecule has 1 aliphatic carbocycles. The number of hydrogen-bond acceptors (Lipinski definition) is 4. The van der Waals surface area contributed by atoms with Crippen LogP contribution in [0.1, 0.15) is 49.3 Å². The molecule has 1 N–H and O–H groups in total. The number of amides is 2. The molecular formula is C26H31ClF3N3O4S. The van der Waals surface area contributed by atoms with Gasteiger partial charge in [-0.1, -0.05) is 54.3 Å². The van der Waals surface area contributed by atoms with Crippen LogP contribution in [0.2, 0.25) is 5.02 Å². The molecule has 2 aromatic carbocycles. The Kier molecular flexibility index (Phi) is 9.35. The monoisotopic (exact) mass is 573 g/mol. The highest BCUT2D eigenvalue weighted by Gasteiger charge is 2.36. The van der Waals surface area contributed by atoms with Gasteiger partial charge in [-0.2, -0.15) is 13.2 Å². The standard InChI is InChI=1S/C26H31ClF3N3O4S/c1-17-7-6-8-19(13-17)15-32(18(2)25(35)31-20-9-4-5-10-20)24(34)16-33(38(3,36)37)21-11-12-23(27)22(14-21)26(28,29)30/h6-8,11-14,18,20H,4-5,9-10,15-16H2,1-3H3,(H,31,35)/t18-/m0/s1. The highest BCUT2D eigenvalue weighted by Crippen LogP contribution is 2.37. The first kappa shape index (κ1) is 29.8. The number of aryl methyl sites for hydroxylation is 1. The van der Waals surface area contributed by atoms with Gasteiger partial charge in [0.25, 0.3) is 0 Å². The number of hydrogen-bond donors (Lipinski definition) is 1. The van der Waals surface area contributed by atoms with Crippen LogP contribution in [0.4, 0.5) is 18.9 Å². The van der Waals surface area contributed by atoms with Crippen LogP contribution >= 0.6 is 11.6 Å². The maximum atomic E-state index is 13.6. The van der Waals surface area contributed by atoms with Crippen molar-refractivity contribution < 1.29 is 31.2 Å². The topological polar surface area (TPSA) is 86.8 Å². The Balaban J connectivity index is 1.94. The molecule has 208 valence electrons. The molecule has 12 heteroatoms. The average molecular weight is 574 g/mol. The Morgan fingerprint density at radius 3 is 2.37 bits per heavy atom. The van der Waals surface area contributed by atoms with Crippen LogP contribution in [-0.2, 0) is 32.3 Å². The van der Waals surface area contributed by atoms with Crippen molar-refractivity contribution in [3.05, 3.63) is 64.2 Å². The molecule has 0 heterocycles. The van der Waals surface area contributed by atoms with E-state index in [1.807, 2.05) is 19.1 Å². The van der Waals surface area contributed by atoms with E-state index in [2.05, 4.69) is 5.32 Å². The first-order valence-electron chi connectivity index (χ1n) is 12.2. The molecule has 1 atom stereocenters. The number of rotatable bonds is 9. The molecule has 0 aromatic heterocycles. The van der Waals surface area contributed by atoms with Crippen LogP contribution in [0.3, 0.4) is 0 Å². The van der Waals surface area contributed by atoms with Crippen molar-refractivity contribution in [3.8, 4) is 0 Å². The lowest BCUT2D eigenvalue weighted by atomic mass is 10.1. The number of nitrogens with zero attached hydrogens (tertiary/aromatic N) is 2. The molecule has 1 aliphatic rings. The second-order valence-corrected chi connectivity index (χ2v) is 11.9. The Morgan fingerprint density at radius 2 is 1.79 bits per heavy atom. The van der Waals surface area contributed by atoms with Crippen molar-refractivity contribution in [2.45, 2.75) is 64.3 Å². The minimum Gasteiger partial charge on any atom is -0.352 e. The lowest BCUT2D eigenvalue weighted by molar-refractivity contribution is -0.139. The van der Waals surface area contributed by atoms with Gasteiger partial charge in [0.1, 0.15) is 12.6 Å². The van der Waals surface area contributed by atoms with E-state index < -0.39 is 45.3 Å². The fourth-order valence-electron chi connectivity index (χ4n) is 4.48. The molecule has 0 bridgehead atoms. The highest BCUT2D eigenvalue weighted by molar-refractivity contribution is 7.92. The number of carbonyl (C=O) groups is 2. The number of anilines is 1. The minimum atomic E-state index is -4.83. The molecule has 7 nitrogen and oxygen atoms in total. The molecule has 1 saturated carbocycles. The Bertz CT molecular complexity index is 1280. The summed E-state index contributed by atoms with van der Waals surface area (Å²) in [4.78, 5) is 27.9. The van der Waals surface area contributed by atoms with E-state index in [9.17, 15) is 31.2 Å². The van der Waals surface area contributed by atoms with Crippen LogP contribution in [0.25, 0.3) is 0 Å². The number of sulfonamides is 1. The van der Waals surface area contributed by atoms with Gasteiger partial charge < -0.3 is 10.2 Å². The summed E-state index contributed by atoms with van der Waals surface area (Å²) in [6.07, 6.45) is -0.368. The Hall–Kier alpha value is -2.79. The van der Waals surface area contributed by atoms with Gasteiger partial charge in [-0.25, -0.2) is 8.42 Å². The first-order chi connectivity index (χ1) is 17.7. The fourth-order valence-corrected chi connectivity index (χ4v) is 5.55. The van der Waals surface area contributed by atoms with Crippen molar-refractivity contribution in [2.75, 3.05) is 17.1 Å². The molecule has 0 spiro atoms. The van der Waals surface area contributed by atoms with Crippen molar-refractivity contribution >= 4 is 39.1 Å². The van der Waals surface area contributed by atoms with Gasteiger partial charge in [0.2, 0.25) is 21.8 Å². The second-order valence-electron chi connectivity index (χ2n) is 9.61. The third-order valence-corrected chi connectivity index (χ3v) is 8.00. The third-order valence-electron chi connectivity index (χ3n) is 6.53. The van der Waals surface area contributed by atoms with Crippen LogP contribution in [0.5, 0.6) is 0 Å². The lowest BCUT2D eigenvalue weighted by Crippen LogP contribution is -2.52. The summed E-state index contributed by atoms with van der Waals surface area (Å²) in [5.74, 6) is -1.12. The van der Waals surface area contributed by atoms with Gasteiger partial charge >= 0.3 is 6.18 Å². The molecule has 0 aliphatic heterocycles. The lowest BCUT2D eigenvalue weighted by Gasteiger charge is -2.32. The van der Waals surface area contributed by atoms with Gasteiger partial charge in [-0.3, -0.25) is 13.9 Å². The van der Waals surface area contributed by atoms with Gasteiger partial charge in [-0.15, -0.1) is 0 Å². The molecule has 0 radical (unpaired) electrons. The molecule has 0 unspecified atom stereocenters. The van der Waals surface area contributed by atoms with Gasteiger partial charge in [-0.05, 0) is 50.5 Å². The van der Waals surface area contributed by atoms with Crippen LogP contribution in [-0.4, -0.2) is 50.0 Å². The summed E-state index contributed by atoms with van der Waals surface area (Å²) >= 11 is 5.70. The number of alkyl halides is 3.